The van der Waals surface area contributed by atoms with Crippen molar-refractivity contribution in [1.82, 2.24) is 10.6 Å². The molecule has 0 aromatic heterocycles. The number of nitrogens with one attached hydrogen (secondary N) is 3. The lowest BCUT2D eigenvalue weighted by atomic mass is 10.2. The first-order valence-electron chi connectivity index (χ1n) is 8.49. The highest BCUT2D eigenvalue weighted by molar-refractivity contribution is 7.92. The lowest BCUT2D eigenvalue weighted by molar-refractivity contribution is 0.0952. The van der Waals surface area contributed by atoms with Crippen LogP contribution < -0.4 is 15.4 Å². The molecule has 3 N–H and O–H groups in total. The van der Waals surface area contributed by atoms with Gasteiger partial charge in [-0.2, -0.15) is 0 Å². The molecule has 0 heterocycles. The number of hydrogen-bond donors (Lipinski definition) is 3. The van der Waals surface area contributed by atoms with Crippen molar-refractivity contribution in [3.05, 3.63) is 59.7 Å². The summed E-state index contributed by atoms with van der Waals surface area (Å²) in [6, 6.07) is 7.70. The summed E-state index contributed by atoms with van der Waals surface area (Å²) in [4.78, 5) is 22.7. The number of carbonyl (C=O) groups is 2. The SMILES string of the molecule is CCOC(=O)NCCNC(=O)c1ccc(NS(=O)(=O)c2ccc(F)c(F)c2)cc1. The predicted molar refractivity (Wildman–Crippen MR) is 101 cm³/mol. The van der Waals surface area contributed by atoms with E-state index in [0.717, 1.165) is 6.07 Å². The monoisotopic (exact) mass is 427 g/mol. The van der Waals surface area contributed by atoms with Crippen LogP contribution in [0.1, 0.15) is 17.3 Å². The fraction of sp³-hybridized carbons (Fsp3) is 0.222. The van der Waals surface area contributed by atoms with Gasteiger partial charge in [0.05, 0.1) is 11.5 Å². The normalized spacial score (nSPS) is 10.9. The predicted octanol–water partition coefficient (Wildman–Crippen LogP) is 2.24. The van der Waals surface area contributed by atoms with Crippen molar-refractivity contribution in [2.45, 2.75) is 11.8 Å². The molecule has 156 valence electrons. The van der Waals surface area contributed by atoms with Gasteiger partial charge in [-0.15, -0.1) is 0 Å². The van der Waals surface area contributed by atoms with Crippen LogP contribution >= 0.6 is 0 Å². The summed E-state index contributed by atoms with van der Waals surface area (Å²) >= 11 is 0. The van der Waals surface area contributed by atoms with E-state index in [9.17, 15) is 26.8 Å². The smallest absolute Gasteiger partial charge is 0.407 e. The lowest BCUT2D eigenvalue weighted by Gasteiger charge is -2.10. The highest BCUT2D eigenvalue weighted by Gasteiger charge is 2.17. The molecule has 0 spiro atoms. The van der Waals surface area contributed by atoms with E-state index in [0.29, 0.717) is 12.1 Å². The van der Waals surface area contributed by atoms with Gasteiger partial charge < -0.3 is 15.4 Å². The Hall–Kier alpha value is -3.21. The Morgan fingerprint density at radius 3 is 2.24 bits per heavy atom. The van der Waals surface area contributed by atoms with Crippen LogP contribution in [0.25, 0.3) is 0 Å². The van der Waals surface area contributed by atoms with E-state index in [1.807, 2.05) is 0 Å². The molecule has 0 saturated heterocycles. The highest BCUT2D eigenvalue weighted by Crippen LogP contribution is 2.18. The van der Waals surface area contributed by atoms with Crippen LogP contribution in [0.3, 0.4) is 0 Å². The van der Waals surface area contributed by atoms with Crippen molar-refractivity contribution in [2.24, 2.45) is 0 Å². The van der Waals surface area contributed by atoms with Gasteiger partial charge in [-0.3, -0.25) is 9.52 Å². The molecule has 8 nitrogen and oxygen atoms in total. The van der Waals surface area contributed by atoms with Crippen LogP contribution in [0.5, 0.6) is 0 Å². The Balaban J connectivity index is 1.93. The molecule has 0 unspecified atom stereocenters. The number of halogens is 2. The number of hydrogen-bond acceptors (Lipinski definition) is 5. The third-order valence-electron chi connectivity index (χ3n) is 3.56. The molecular formula is C18H19F2N3O5S. The fourth-order valence-corrected chi connectivity index (χ4v) is 3.24. The van der Waals surface area contributed by atoms with Gasteiger partial charge in [-0.25, -0.2) is 22.0 Å². The van der Waals surface area contributed by atoms with E-state index >= 15 is 0 Å². The number of benzene rings is 2. The summed E-state index contributed by atoms with van der Waals surface area (Å²) in [5.41, 5.74) is 0.396. The summed E-state index contributed by atoms with van der Waals surface area (Å²) in [6.45, 7) is 2.26. The van der Waals surface area contributed by atoms with Crippen LogP contribution in [0, 0.1) is 11.6 Å². The number of sulfonamides is 1. The molecule has 0 aliphatic carbocycles. The minimum absolute atomic E-state index is 0.135. The van der Waals surface area contributed by atoms with E-state index in [2.05, 4.69) is 20.1 Å². The molecular weight excluding hydrogens is 408 g/mol. The first-order valence-corrected chi connectivity index (χ1v) is 9.98. The van der Waals surface area contributed by atoms with Gasteiger partial charge in [-0.05, 0) is 49.4 Å². The van der Waals surface area contributed by atoms with E-state index in [4.69, 9.17) is 0 Å². The molecule has 0 aliphatic rings. The molecule has 29 heavy (non-hydrogen) atoms. The Morgan fingerprint density at radius 2 is 1.62 bits per heavy atom. The van der Waals surface area contributed by atoms with Crippen LogP contribution in [0.15, 0.2) is 47.4 Å². The average molecular weight is 427 g/mol. The number of carbonyl (C=O) groups excluding carboxylic acids is 2. The minimum Gasteiger partial charge on any atom is -0.450 e. The Kier molecular flexibility index (Phi) is 7.48. The Labute approximate surface area is 166 Å². The van der Waals surface area contributed by atoms with Gasteiger partial charge in [0.25, 0.3) is 15.9 Å². The van der Waals surface area contributed by atoms with Crippen molar-refractivity contribution in [1.29, 1.82) is 0 Å². The summed E-state index contributed by atoms with van der Waals surface area (Å²) in [7, 11) is -4.13. The second-order valence-corrected chi connectivity index (χ2v) is 7.34. The number of rotatable bonds is 8. The molecule has 0 bridgehead atoms. The maximum absolute atomic E-state index is 13.3. The second kappa shape index (κ2) is 9.82. The number of anilines is 1. The maximum atomic E-state index is 13.3. The van der Waals surface area contributed by atoms with Gasteiger partial charge in [0, 0.05) is 24.3 Å². The largest absolute Gasteiger partial charge is 0.450 e. The topological polar surface area (TPSA) is 114 Å². The zero-order valence-corrected chi connectivity index (χ0v) is 16.2. The molecule has 0 saturated carbocycles. The van der Waals surface area contributed by atoms with Gasteiger partial charge >= 0.3 is 6.09 Å². The first-order chi connectivity index (χ1) is 13.7. The second-order valence-electron chi connectivity index (χ2n) is 5.66. The van der Waals surface area contributed by atoms with Crippen molar-refractivity contribution in [3.8, 4) is 0 Å². The third kappa shape index (κ3) is 6.42. The third-order valence-corrected chi connectivity index (χ3v) is 4.93. The summed E-state index contributed by atoms with van der Waals surface area (Å²) in [5.74, 6) is -2.86. The average Bonchev–Trinajstić information content (AvgIpc) is 2.67. The highest BCUT2D eigenvalue weighted by atomic mass is 32.2. The number of alkyl carbamates (subject to hydrolysis) is 1. The zero-order valence-electron chi connectivity index (χ0n) is 15.4. The van der Waals surface area contributed by atoms with E-state index in [1.54, 1.807) is 6.92 Å². The minimum atomic E-state index is -4.13. The molecule has 0 atom stereocenters. The van der Waals surface area contributed by atoms with Crippen molar-refractivity contribution >= 4 is 27.7 Å². The molecule has 2 aromatic carbocycles. The molecule has 0 radical (unpaired) electrons. The van der Waals surface area contributed by atoms with Crippen molar-refractivity contribution < 1.29 is 31.5 Å². The quantitative estimate of drug-likeness (QED) is 0.559. The van der Waals surface area contributed by atoms with Crippen molar-refractivity contribution in [3.63, 3.8) is 0 Å². The van der Waals surface area contributed by atoms with Gasteiger partial charge in [-0.1, -0.05) is 0 Å². The molecule has 2 aromatic rings. The zero-order chi connectivity index (χ0) is 21.4. The number of amides is 2. The Morgan fingerprint density at radius 1 is 0.966 bits per heavy atom. The summed E-state index contributed by atoms with van der Waals surface area (Å²) < 4.78 is 57.6. The molecule has 11 heteroatoms. The van der Waals surface area contributed by atoms with Crippen LogP contribution in [0.4, 0.5) is 19.3 Å². The standard InChI is InChI=1S/C18H19F2N3O5S/c1-2-28-18(25)22-10-9-21-17(24)12-3-5-13(6-4-12)23-29(26,27)14-7-8-15(19)16(20)11-14/h3-8,11,23H,2,9-10H2,1H3,(H,21,24)(H,22,25). The molecule has 2 amide bonds. The van der Waals surface area contributed by atoms with Gasteiger partial charge in [0.15, 0.2) is 11.6 Å². The van der Waals surface area contributed by atoms with E-state index < -0.39 is 38.6 Å². The van der Waals surface area contributed by atoms with Crippen LogP contribution in [0.2, 0.25) is 0 Å². The van der Waals surface area contributed by atoms with Crippen molar-refractivity contribution in [2.75, 3.05) is 24.4 Å². The molecule has 0 aliphatic heterocycles. The maximum Gasteiger partial charge on any atom is 0.407 e. The Bertz CT molecular complexity index is 981. The summed E-state index contributed by atoms with van der Waals surface area (Å²) in [5, 5.41) is 5.02. The van der Waals surface area contributed by atoms with Crippen LogP contribution in [-0.4, -0.2) is 40.1 Å². The van der Waals surface area contributed by atoms with Gasteiger partial charge in [0.1, 0.15) is 0 Å². The van der Waals surface area contributed by atoms with Gasteiger partial charge in [0.2, 0.25) is 0 Å². The lowest BCUT2D eigenvalue weighted by Crippen LogP contribution is -2.34. The van der Waals surface area contributed by atoms with E-state index in [1.165, 1.54) is 24.3 Å². The molecule has 0 fully saturated rings. The van der Waals surface area contributed by atoms with Crippen LogP contribution in [-0.2, 0) is 14.8 Å². The van der Waals surface area contributed by atoms with E-state index in [-0.39, 0.29) is 30.9 Å². The first kappa shape index (κ1) is 22.1. The molecule has 2 rings (SSSR count). The number of ether oxygens (including phenoxy) is 1. The summed E-state index contributed by atoms with van der Waals surface area (Å²) in [6.07, 6.45) is -0.584. The fourth-order valence-electron chi connectivity index (χ4n) is 2.17.